The van der Waals surface area contributed by atoms with Gasteiger partial charge in [0, 0.05) is 0 Å². The molecule has 1 aromatic carbocycles. The fraction of sp³-hybridized carbons (Fsp3) is 0.111. The lowest BCUT2D eigenvalue weighted by atomic mass is 10.3. The number of benzene rings is 1. The Hall–Kier alpha value is -0.830. The summed E-state index contributed by atoms with van der Waals surface area (Å²) in [7, 11) is -1.81. The molecule has 0 fully saturated rings. The standard InChI is InChI=1S/C9H10F2S/c1-12(2,3)9-7(10)5-4-6-8(9)11/h4-6H,1-2H2,3H3. The lowest BCUT2D eigenvalue weighted by Gasteiger charge is -2.09. The Bertz CT molecular complexity index is 371. The van der Waals surface area contributed by atoms with Gasteiger partial charge in [0.05, 0.1) is 4.90 Å². The zero-order chi connectivity index (χ0) is 9.35. The van der Waals surface area contributed by atoms with Crippen LogP contribution in [0.3, 0.4) is 0 Å². The van der Waals surface area contributed by atoms with Crippen LogP contribution in [0.1, 0.15) is 0 Å². The quantitative estimate of drug-likeness (QED) is 0.594. The van der Waals surface area contributed by atoms with Crippen LogP contribution in [0.5, 0.6) is 0 Å². The van der Waals surface area contributed by atoms with Gasteiger partial charge in [-0.25, -0.2) is 8.78 Å². The molecule has 0 unspecified atom stereocenters. The van der Waals surface area contributed by atoms with Gasteiger partial charge in [0.25, 0.3) is 0 Å². The minimum atomic E-state index is -1.81. The minimum Gasteiger partial charge on any atom is -0.206 e. The monoisotopic (exact) mass is 188 g/mol. The molecule has 0 saturated carbocycles. The van der Waals surface area contributed by atoms with Crippen LogP contribution in [-0.4, -0.2) is 18.0 Å². The molecule has 0 bridgehead atoms. The van der Waals surface area contributed by atoms with Gasteiger partial charge in [0.1, 0.15) is 11.6 Å². The maximum Gasteiger partial charge on any atom is 0.138 e. The maximum absolute atomic E-state index is 13.0. The molecule has 0 nitrogen and oxygen atoms in total. The summed E-state index contributed by atoms with van der Waals surface area (Å²) in [4.78, 5) is 0.0185. The molecule has 0 N–H and O–H groups in total. The second-order valence-corrected chi connectivity index (χ2v) is 5.78. The Balaban J connectivity index is 3.53. The van der Waals surface area contributed by atoms with Gasteiger partial charge < -0.3 is 0 Å². The van der Waals surface area contributed by atoms with E-state index in [9.17, 15) is 8.78 Å². The molecular formula is C9H10F2S. The van der Waals surface area contributed by atoms with Crippen molar-refractivity contribution in [3.63, 3.8) is 0 Å². The summed E-state index contributed by atoms with van der Waals surface area (Å²) in [6, 6.07) is 3.78. The van der Waals surface area contributed by atoms with Crippen molar-refractivity contribution in [2.45, 2.75) is 4.90 Å². The van der Waals surface area contributed by atoms with Crippen LogP contribution >= 0.6 is 9.21 Å². The van der Waals surface area contributed by atoms with Gasteiger partial charge in [0.2, 0.25) is 0 Å². The summed E-state index contributed by atoms with van der Waals surface area (Å²) in [6.45, 7) is 0. The van der Waals surface area contributed by atoms with Crippen molar-refractivity contribution in [1.29, 1.82) is 0 Å². The third-order valence-corrected chi connectivity index (χ3v) is 2.79. The van der Waals surface area contributed by atoms with E-state index in [4.69, 9.17) is 0 Å². The van der Waals surface area contributed by atoms with Gasteiger partial charge in [-0.15, -0.1) is 0 Å². The largest absolute Gasteiger partial charge is 0.206 e. The van der Waals surface area contributed by atoms with Gasteiger partial charge in [-0.05, 0) is 18.4 Å². The zero-order valence-corrected chi connectivity index (χ0v) is 7.63. The van der Waals surface area contributed by atoms with E-state index >= 15 is 0 Å². The molecule has 0 amide bonds. The summed E-state index contributed by atoms with van der Waals surface area (Å²) < 4.78 is 26.1. The molecular weight excluding hydrogens is 178 g/mol. The summed E-state index contributed by atoms with van der Waals surface area (Å²) in [5.74, 6) is 6.19. The highest BCUT2D eigenvalue weighted by Gasteiger charge is 2.09. The normalized spacial score (nSPS) is 11.6. The summed E-state index contributed by atoms with van der Waals surface area (Å²) in [5.41, 5.74) is 0. The Morgan fingerprint density at radius 2 is 1.58 bits per heavy atom. The topological polar surface area (TPSA) is 0 Å². The second kappa shape index (κ2) is 2.90. The first kappa shape index (κ1) is 9.26. The van der Waals surface area contributed by atoms with Gasteiger partial charge in [0.15, 0.2) is 0 Å². The predicted octanol–water partition coefficient (Wildman–Crippen LogP) is 2.62. The molecule has 0 spiro atoms. The molecule has 0 radical (unpaired) electrons. The first-order valence-corrected chi connectivity index (χ1v) is 5.69. The molecule has 12 heavy (non-hydrogen) atoms. The fourth-order valence-corrected chi connectivity index (χ4v) is 2.03. The Morgan fingerprint density at radius 3 is 1.83 bits per heavy atom. The highest BCUT2D eigenvalue weighted by atomic mass is 32.2. The molecule has 0 atom stereocenters. The third kappa shape index (κ3) is 1.67. The summed E-state index contributed by atoms with van der Waals surface area (Å²) in [5, 5.41) is 0. The summed E-state index contributed by atoms with van der Waals surface area (Å²) in [6.07, 6.45) is 1.65. The van der Waals surface area contributed by atoms with Gasteiger partial charge in [-0.1, -0.05) is 17.8 Å². The predicted molar refractivity (Wildman–Crippen MR) is 52.4 cm³/mol. The van der Waals surface area contributed by atoms with Crippen LogP contribution in [0.25, 0.3) is 0 Å². The van der Waals surface area contributed by atoms with Crippen LogP contribution in [0.15, 0.2) is 23.1 Å². The Kier molecular flexibility index (Phi) is 2.24. The molecule has 0 aliphatic carbocycles. The molecule has 3 heteroatoms. The fourth-order valence-electron chi connectivity index (χ4n) is 0.953. The highest BCUT2D eigenvalue weighted by Crippen LogP contribution is 2.32. The van der Waals surface area contributed by atoms with E-state index in [1.807, 2.05) is 0 Å². The van der Waals surface area contributed by atoms with Crippen LogP contribution < -0.4 is 0 Å². The smallest absolute Gasteiger partial charge is 0.138 e. The molecule has 0 aliphatic rings. The highest BCUT2D eigenvalue weighted by molar-refractivity contribution is 8.27. The van der Waals surface area contributed by atoms with Crippen LogP contribution in [0.2, 0.25) is 0 Å². The summed E-state index contributed by atoms with van der Waals surface area (Å²) >= 11 is 0. The molecule has 0 aromatic heterocycles. The zero-order valence-electron chi connectivity index (χ0n) is 6.81. The van der Waals surface area contributed by atoms with Crippen LogP contribution in [0, 0.1) is 11.6 Å². The third-order valence-electron chi connectivity index (χ3n) is 1.41. The lowest BCUT2D eigenvalue weighted by molar-refractivity contribution is 0.540. The molecule has 0 saturated heterocycles. The number of hydrogen-bond acceptors (Lipinski definition) is 0. The second-order valence-electron chi connectivity index (χ2n) is 2.83. The van der Waals surface area contributed by atoms with Crippen molar-refractivity contribution in [1.82, 2.24) is 0 Å². The average molecular weight is 188 g/mol. The Labute approximate surface area is 71.3 Å². The van der Waals surface area contributed by atoms with Crippen molar-refractivity contribution >= 4 is 20.9 Å². The van der Waals surface area contributed by atoms with E-state index in [1.165, 1.54) is 18.2 Å². The van der Waals surface area contributed by atoms with Crippen molar-refractivity contribution in [3.8, 4) is 0 Å². The molecule has 1 aromatic rings. The van der Waals surface area contributed by atoms with E-state index in [2.05, 4.69) is 11.7 Å². The first-order chi connectivity index (χ1) is 5.43. The van der Waals surface area contributed by atoms with Crippen LogP contribution in [-0.2, 0) is 0 Å². The molecule has 0 heterocycles. The number of halogens is 2. The molecule has 66 valence electrons. The SMILES string of the molecule is C=S(=C)(C)c1c(F)cccc1F. The van der Waals surface area contributed by atoms with Crippen molar-refractivity contribution in [2.24, 2.45) is 0 Å². The van der Waals surface area contributed by atoms with Crippen molar-refractivity contribution < 1.29 is 8.78 Å². The van der Waals surface area contributed by atoms with Crippen molar-refractivity contribution in [3.05, 3.63) is 29.8 Å². The maximum atomic E-state index is 13.0. The van der Waals surface area contributed by atoms with E-state index in [0.717, 1.165) is 0 Å². The Morgan fingerprint density at radius 1 is 1.17 bits per heavy atom. The van der Waals surface area contributed by atoms with E-state index < -0.39 is 20.8 Å². The minimum absolute atomic E-state index is 0.0185. The number of hydrogen-bond donors (Lipinski definition) is 0. The lowest BCUT2D eigenvalue weighted by Crippen LogP contribution is -1.90. The van der Waals surface area contributed by atoms with E-state index in [-0.39, 0.29) is 4.90 Å². The number of rotatable bonds is 1. The molecule has 1 rings (SSSR count). The average Bonchev–Trinajstić information content (AvgIpc) is 1.82. The van der Waals surface area contributed by atoms with Crippen LogP contribution in [0.4, 0.5) is 8.78 Å². The van der Waals surface area contributed by atoms with E-state index in [1.54, 1.807) is 6.26 Å². The van der Waals surface area contributed by atoms with E-state index in [0.29, 0.717) is 0 Å². The van der Waals surface area contributed by atoms with Gasteiger partial charge in [-0.2, -0.15) is 9.21 Å². The van der Waals surface area contributed by atoms with Crippen molar-refractivity contribution in [2.75, 3.05) is 6.26 Å². The van der Waals surface area contributed by atoms with Gasteiger partial charge >= 0.3 is 0 Å². The van der Waals surface area contributed by atoms with Gasteiger partial charge in [-0.3, -0.25) is 0 Å². The first-order valence-electron chi connectivity index (χ1n) is 3.31. The molecule has 0 aliphatic heterocycles.